The molecule has 0 spiro atoms. The van der Waals surface area contributed by atoms with Gasteiger partial charge in [-0.25, -0.2) is 0 Å². The van der Waals surface area contributed by atoms with Crippen LogP contribution in [0.2, 0.25) is 0 Å². The first-order chi connectivity index (χ1) is 29.5. The van der Waals surface area contributed by atoms with E-state index >= 15 is 0 Å². The summed E-state index contributed by atoms with van der Waals surface area (Å²) in [5.74, 6) is -0.891. The maximum absolute atomic E-state index is 12.8. The van der Waals surface area contributed by atoms with E-state index in [1.807, 2.05) is 0 Å². The zero-order valence-corrected chi connectivity index (χ0v) is 40.0. The summed E-state index contributed by atoms with van der Waals surface area (Å²) in [6.45, 7) is 6.60. The standard InChI is InChI=1S/C54H98O6/c1-4-7-10-13-16-19-22-25-27-29-32-35-38-41-44-47-53(56)59-50-51(49-58-52(55)46-43-40-37-34-31-24-21-18-15-12-9-6-3)60-54(57)48-45-42-39-36-33-30-28-26-23-20-17-14-11-8-5-2/h16,19,25-28,51H,4-15,17-18,20-24,29-50H2,1-3H3/b19-16-,27-25-,28-26-. The highest BCUT2D eigenvalue weighted by molar-refractivity contribution is 5.71. The van der Waals surface area contributed by atoms with Gasteiger partial charge < -0.3 is 14.2 Å². The molecule has 1 atom stereocenters. The highest BCUT2D eigenvalue weighted by Crippen LogP contribution is 2.15. The van der Waals surface area contributed by atoms with Crippen LogP contribution < -0.4 is 0 Å². The lowest BCUT2D eigenvalue weighted by atomic mass is 10.0. The summed E-state index contributed by atoms with van der Waals surface area (Å²) in [4.78, 5) is 37.9. The van der Waals surface area contributed by atoms with Gasteiger partial charge in [0.1, 0.15) is 13.2 Å². The van der Waals surface area contributed by atoms with Crippen molar-refractivity contribution in [3.63, 3.8) is 0 Å². The van der Waals surface area contributed by atoms with Crippen LogP contribution >= 0.6 is 0 Å². The van der Waals surface area contributed by atoms with Crippen molar-refractivity contribution in [1.82, 2.24) is 0 Å². The highest BCUT2D eigenvalue weighted by atomic mass is 16.6. The molecule has 0 saturated heterocycles. The van der Waals surface area contributed by atoms with Crippen molar-refractivity contribution in [2.45, 2.75) is 277 Å². The molecule has 6 heteroatoms. The lowest BCUT2D eigenvalue weighted by molar-refractivity contribution is -0.167. The number of esters is 3. The number of carbonyl (C=O) groups is 3. The topological polar surface area (TPSA) is 78.9 Å². The van der Waals surface area contributed by atoms with Crippen molar-refractivity contribution < 1.29 is 28.6 Å². The Morgan fingerprint density at radius 3 is 0.967 bits per heavy atom. The maximum atomic E-state index is 12.8. The van der Waals surface area contributed by atoms with Crippen LogP contribution in [0.15, 0.2) is 36.5 Å². The molecule has 0 aromatic carbocycles. The van der Waals surface area contributed by atoms with Crippen molar-refractivity contribution in [3.05, 3.63) is 36.5 Å². The zero-order chi connectivity index (χ0) is 43.7. The van der Waals surface area contributed by atoms with Crippen LogP contribution in [0, 0.1) is 0 Å². The van der Waals surface area contributed by atoms with Crippen molar-refractivity contribution in [3.8, 4) is 0 Å². The molecular weight excluding hydrogens is 745 g/mol. The van der Waals surface area contributed by atoms with Crippen LogP contribution in [-0.2, 0) is 28.6 Å². The first kappa shape index (κ1) is 57.6. The summed E-state index contributed by atoms with van der Waals surface area (Å²) >= 11 is 0. The predicted molar refractivity (Wildman–Crippen MR) is 256 cm³/mol. The van der Waals surface area contributed by atoms with E-state index in [9.17, 15) is 14.4 Å². The summed E-state index contributed by atoms with van der Waals surface area (Å²) in [7, 11) is 0. The monoisotopic (exact) mass is 843 g/mol. The average molecular weight is 843 g/mol. The van der Waals surface area contributed by atoms with Gasteiger partial charge in [-0.05, 0) is 77.0 Å². The Morgan fingerprint density at radius 2 is 0.600 bits per heavy atom. The smallest absolute Gasteiger partial charge is 0.306 e. The van der Waals surface area contributed by atoms with Crippen LogP contribution in [0.5, 0.6) is 0 Å². The molecule has 0 aromatic rings. The number of ether oxygens (including phenoxy) is 3. The van der Waals surface area contributed by atoms with Gasteiger partial charge in [-0.1, -0.05) is 211 Å². The van der Waals surface area contributed by atoms with Crippen LogP contribution in [-0.4, -0.2) is 37.2 Å². The second-order valence-corrected chi connectivity index (χ2v) is 17.4. The lowest BCUT2D eigenvalue weighted by Gasteiger charge is -2.18. The molecule has 6 nitrogen and oxygen atoms in total. The fourth-order valence-corrected chi connectivity index (χ4v) is 7.41. The number of allylic oxidation sites excluding steroid dienone is 6. The number of carbonyl (C=O) groups excluding carboxylic acids is 3. The minimum absolute atomic E-state index is 0.0772. The predicted octanol–water partition coefficient (Wildman–Crippen LogP) is 16.9. The maximum Gasteiger partial charge on any atom is 0.306 e. The molecular formula is C54H98O6. The van der Waals surface area contributed by atoms with E-state index in [0.29, 0.717) is 19.3 Å². The van der Waals surface area contributed by atoms with Crippen LogP contribution in [0.25, 0.3) is 0 Å². The summed E-state index contributed by atoms with van der Waals surface area (Å²) in [6, 6.07) is 0. The Labute approximate surface area is 372 Å². The quantitative estimate of drug-likeness (QED) is 0.0263. The molecule has 60 heavy (non-hydrogen) atoms. The molecule has 0 N–H and O–H groups in total. The third-order valence-corrected chi connectivity index (χ3v) is 11.4. The van der Waals surface area contributed by atoms with Gasteiger partial charge in [0.05, 0.1) is 0 Å². The van der Waals surface area contributed by atoms with Gasteiger partial charge in [0.25, 0.3) is 0 Å². The Balaban J connectivity index is 4.39. The van der Waals surface area contributed by atoms with Crippen molar-refractivity contribution in [2.24, 2.45) is 0 Å². The normalized spacial score (nSPS) is 12.2. The first-order valence-electron chi connectivity index (χ1n) is 26.0. The van der Waals surface area contributed by atoms with E-state index in [-0.39, 0.29) is 31.1 Å². The van der Waals surface area contributed by atoms with Crippen molar-refractivity contribution in [1.29, 1.82) is 0 Å². The number of rotatable bonds is 47. The Hall–Kier alpha value is -2.37. The molecule has 0 saturated carbocycles. The van der Waals surface area contributed by atoms with E-state index in [1.165, 1.54) is 148 Å². The Morgan fingerprint density at radius 1 is 0.333 bits per heavy atom. The number of hydrogen-bond acceptors (Lipinski definition) is 6. The fraction of sp³-hybridized carbons (Fsp3) is 0.833. The van der Waals surface area contributed by atoms with Gasteiger partial charge in [0, 0.05) is 19.3 Å². The molecule has 1 unspecified atom stereocenters. The van der Waals surface area contributed by atoms with E-state index in [4.69, 9.17) is 14.2 Å². The Bertz CT molecular complexity index is 1020. The van der Waals surface area contributed by atoms with Gasteiger partial charge in [-0.15, -0.1) is 0 Å². The molecule has 0 bridgehead atoms. The molecule has 0 amide bonds. The van der Waals surface area contributed by atoms with Gasteiger partial charge >= 0.3 is 17.9 Å². The minimum atomic E-state index is -0.778. The second-order valence-electron chi connectivity index (χ2n) is 17.4. The Kier molecular flexibility index (Phi) is 47.3. The molecule has 350 valence electrons. The molecule has 0 fully saturated rings. The van der Waals surface area contributed by atoms with Crippen LogP contribution in [0.3, 0.4) is 0 Å². The molecule has 0 radical (unpaired) electrons. The van der Waals surface area contributed by atoms with E-state index in [2.05, 4.69) is 57.2 Å². The highest BCUT2D eigenvalue weighted by Gasteiger charge is 2.19. The van der Waals surface area contributed by atoms with Gasteiger partial charge in [0.15, 0.2) is 6.10 Å². The zero-order valence-electron chi connectivity index (χ0n) is 40.0. The molecule has 0 aromatic heterocycles. The van der Waals surface area contributed by atoms with E-state index in [0.717, 1.165) is 83.5 Å². The first-order valence-corrected chi connectivity index (χ1v) is 26.0. The molecule has 0 aliphatic heterocycles. The van der Waals surface area contributed by atoms with E-state index in [1.54, 1.807) is 0 Å². The summed E-state index contributed by atoms with van der Waals surface area (Å²) < 4.78 is 16.8. The third-order valence-electron chi connectivity index (χ3n) is 11.4. The molecule has 0 rings (SSSR count). The second kappa shape index (κ2) is 49.3. The number of hydrogen-bond donors (Lipinski definition) is 0. The van der Waals surface area contributed by atoms with Gasteiger partial charge in [0.2, 0.25) is 0 Å². The lowest BCUT2D eigenvalue weighted by Crippen LogP contribution is -2.30. The SMILES string of the molecule is CCCCC/C=C\C/C=C\CCCCCCCC(=O)OCC(COC(=O)CCCCCCCCCCCCCC)OC(=O)CCCCCCC/C=C\CCCCCCCC. The molecule has 0 aliphatic rings. The van der Waals surface area contributed by atoms with E-state index < -0.39 is 6.10 Å². The van der Waals surface area contributed by atoms with Crippen LogP contribution in [0.4, 0.5) is 0 Å². The van der Waals surface area contributed by atoms with Crippen molar-refractivity contribution in [2.75, 3.05) is 13.2 Å². The molecule has 0 heterocycles. The van der Waals surface area contributed by atoms with Gasteiger partial charge in [-0.3, -0.25) is 14.4 Å². The summed E-state index contributed by atoms with van der Waals surface area (Å²) in [6.07, 6.45) is 56.9. The number of unbranched alkanes of at least 4 members (excludes halogenated alkanes) is 30. The minimum Gasteiger partial charge on any atom is -0.462 e. The van der Waals surface area contributed by atoms with Crippen molar-refractivity contribution >= 4 is 17.9 Å². The fourth-order valence-electron chi connectivity index (χ4n) is 7.41. The molecule has 0 aliphatic carbocycles. The average Bonchev–Trinajstić information content (AvgIpc) is 3.24. The largest absolute Gasteiger partial charge is 0.462 e. The summed E-state index contributed by atoms with van der Waals surface area (Å²) in [5, 5.41) is 0. The summed E-state index contributed by atoms with van der Waals surface area (Å²) in [5.41, 5.74) is 0. The third kappa shape index (κ3) is 46.7. The van der Waals surface area contributed by atoms with Crippen LogP contribution in [0.1, 0.15) is 271 Å². The van der Waals surface area contributed by atoms with Gasteiger partial charge in [-0.2, -0.15) is 0 Å².